The molecule has 6 aromatic heterocycles. The molecule has 0 radical (unpaired) electrons. The Morgan fingerprint density at radius 1 is 0.347 bits per heavy atom. The van der Waals surface area contributed by atoms with Crippen LogP contribution in [0.2, 0.25) is 5.28 Å². The molecule has 1 saturated heterocycles. The Kier molecular flexibility index (Phi) is 9.51. The molecule has 0 amide bonds. The van der Waals surface area contributed by atoms with Gasteiger partial charge in [-0.1, -0.05) is 230 Å². The van der Waals surface area contributed by atoms with Crippen molar-refractivity contribution in [2.24, 2.45) is 0 Å². The normalized spacial score (nSPS) is 17.4. The molecule has 0 atom stereocenters. The molecule has 0 aliphatic carbocycles. The molecule has 0 N–H and O–H groups in total. The van der Waals surface area contributed by atoms with Crippen molar-refractivity contribution in [1.82, 2.24) is 39.0 Å². The molecule has 98 heavy (non-hydrogen) atoms. The van der Waals surface area contributed by atoms with Crippen molar-refractivity contribution in [2.75, 3.05) is 0 Å². The number of thiophene rings is 2. The van der Waals surface area contributed by atoms with Crippen molar-refractivity contribution < 1.29 is 47.7 Å². The highest BCUT2D eigenvalue weighted by atomic mass is 35.5. The quantitative estimate of drug-likeness (QED) is 0.139. The summed E-state index contributed by atoms with van der Waals surface area (Å²) in [6, 6.07) is 24.0. The van der Waals surface area contributed by atoms with Crippen LogP contribution in [-0.4, -0.2) is 57.4 Å². The maximum absolute atomic E-state index is 9.46. The van der Waals surface area contributed by atoms with E-state index in [0.29, 0.717) is 11.0 Å². The van der Waals surface area contributed by atoms with Gasteiger partial charge in [-0.15, -0.1) is 22.7 Å². The van der Waals surface area contributed by atoms with Gasteiger partial charge in [-0.2, -0.15) is 9.97 Å². The van der Waals surface area contributed by atoms with E-state index in [1.165, 1.54) is 0 Å². The number of nitrogens with zero attached hydrogens (tertiary/aromatic N) is 8. The van der Waals surface area contributed by atoms with Crippen LogP contribution in [-0.2, 0) is 9.31 Å². The molecule has 0 spiro atoms. The first kappa shape index (κ1) is 37.5. The van der Waals surface area contributed by atoms with E-state index in [4.69, 9.17) is 53.8 Å². The molecule has 1 fully saturated rings. The van der Waals surface area contributed by atoms with Crippen LogP contribution in [0.5, 0.6) is 0 Å². The summed E-state index contributed by atoms with van der Waals surface area (Å²) < 4.78 is 256. The first-order valence-corrected chi connectivity index (χ1v) is 32.3. The van der Waals surface area contributed by atoms with Gasteiger partial charge in [-0.3, -0.25) is 0 Å². The lowest BCUT2D eigenvalue weighted by molar-refractivity contribution is 0.00578. The van der Waals surface area contributed by atoms with Gasteiger partial charge in [0.2, 0.25) is 5.28 Å². The van der Waals surface area contributed by atoms with E-state index in [-0.39, 0.29) is 63.8 Å². The van der Waals surface area contributed by atoms with Gasteiger partial charge in [0.15, 0.2) is 29.1 Å². The summed E-state index contributed by atoms with van der Waals surface area (Å²) >= 11 is 9.14. The van der Waals surface area contributed by atoms with E-state index in [2.05, 4.69) is 54.2 Å². The van der Waals surface area contributed by atoms with E-state index in [1.54, 1.807) is 27.2 Å². The third-order valence-corrected chi connectivity index (χ3v) is 19.5. The van der Waals surface area contributed by atoms with Crippen LogP contribution < -0.4 is 5.46 Å². The van der Waals surface area contributed by atoms with Crippen LogP contribution in [0, 0.1) is 0 Å². The van der Waals surface area contributed by atoms with Gasteiger partial charge in [0, 0.05) is 91.7 Å². The lowest BCUT2D eigenvalue weighted by atomic mass is 9.79. The highest BCUT2D eigenvalue weighted by Gasteiger charge is 2.51. The zero-order valence-corrected chi connectivity index (χ0v) is 54.1. The number of fused-ring (bicyclic) bond motifs is 14. The lowest BCUT2D eigenvalue weighted by Crippen LogP contribution is -2.41. The number of rotatable bonds is 8. The van der Waals surface area contributed by atoms with Gasteiger partial charge in [-0.25, -0.2) is 19.9 Å². The average molecular weight is 1350 g/mol. The van der Waals surface area contributed by atoms with Crippen molar-refractivity contribution in [3.63, 3.8) is 0 Å². The van der Waals surface area contributed by atoms with Crippen LogP contribution >= 0.6 is 34.3 Å². The Balaban J connectivity index is 0.000000143. The van der Waals surface area contributed by atoms with E-state index in [1.807, 2.05) is 129 Å². The molecule has 0 unspecified atom stereocenters. The maximum Gasteiger partial charge on any atom is 0.494 e. The Bertz CT molecular complexity index is 7500. The first-order chi connectivity index (χ1) is 59.6. The lowest BCUT2D eigenvalue weighted by Gasteiger charge is -2.32. The fourth-order valence-electron chi connectivity index (χ4n) is 11.7. The van der Waals surface area contributed by atoms with E-state index >= 15 is 0 Å². The Morgan fingerprint density at radius 3 is 1.05 bits per heavy atom. The van der Waals surface area contributed by atoms with E-state index in [0.717, 1.165) is 72.9 Å². The molecule has 14 heteroatoms. The molecule has 10 nitrogen and oxygen atoms in total. The summed E-state index contributed by atoms with van der Waals surface area (Å²) in [5.41, 5.74) is -0.232. The highest BCUT2D eigenvalue weighted by Crippen LogP contribution is 2.45. The molecule has 12 aromatic carbocycles. The average Bonchev–Trinajstić information content (AvgIpc) is 1.54. The number of hydrogen-bond donors (Lipinski definition) is 0. The molecule has 19 rings (SSSR count). The predicted octanol–water partition coefficient (Wildman–Crippen LogP) is 21.6. The first-order valence-electron chi connectivity index (χ1n) is 44.3. The SMILES string of the molecule is [2H]c1c([2H])c(-n2c3ccccc3c3ccc4c5ccccc5sc4c32)c([2H])c([2H])c1B1OC(C)(C)C(C)(C)O1.[2H]c1c([2H])c([2H])c(-c2nc(-c3c([2H])c([2H])c([2H])c([2H])c3[2H])nc(-c3c([2H])c([2H])c(-n4c5ccccc5c5ccc6c7ccccc7sc6c54)c([2H])c3[2H])n2)c([2H])c1[2H].[2H]c1c([2H])c([2H])c(-c2nc(Cl)nc(-c3c([2H])c([2H])c([2H])c([2H])c3[2H])n2)c([2H])c1[2H]. The van der Waals surface area contributed by atoms with Crippen LogP contribution in [0.1, 0.15) is 66.1 Å². The molecular formula is C84H60BClN8O2S2. The van der Waals surface area contributed by atoms with Crippen molar-refractivity contribution >= 4 is 131 Å². The van der Waals surface area contributed by atoms with Gasteiger partial charge in [0.1, 0.15) is 0 Å². The number of aromatic nitrogens is 8. The summed E-state index contributed by atoms with van der Waals surface area (Å²) in [6.45, 7) is 7.64. The molecule has 470 valence electrons. The fourth-order valence-corrected chi connectivity index (χ4v) is 14.3. The predicted molar refractivity (Wildman–Crippen MR) is 408 cm³/mol. The monoisotopic (exact) mass is 1350 g/mol. The Labute approximate surface area is 618 Å². The largest absolute Gasteiger partial charge is 0.494 e. The van der Waals surface area contributed by atoms with Gasteiger partial charge in [-0.05, 0) is 105 Å². The fraction of sp³-hybridized carbons (Fsp3) is 0.0714. The summed E-state index contributed by atoms with van der Waals surface area (Å²) in [5.74, 6) is -2.50. The molecule has 1 aliphatic rings. The van der Waals surface area contributed by atoms with Crippen molar-refractivity contribution in [3.8, 4) is 68.3 Å². The van der Waals surface area contributed by atoms with Gasteiger partial charge in [0.25, 0.3) is 0 Å². The van der Waals surface area contributed by atoms with Crippen molar-refractivity contribution in [2.45, 2.75) is 38.9 Å². The van der Waals surface area contributed by atoms with Crippen molar-refractivity contribution in [1.29, 1.82) is 0 Å². The number of hydrogen-bond acceptors (Lipinski definition) is 10. The standard InChI is InChI=1S/C39H24N4S.C30H26BNO2S.C15H10ClN3/c1-3-11-25(12-4-1)37-40-38(26-13-5-2-6-14-26)42-39(41-37)27-19-21-28(22-20-27)43-33-17-9-7-15-29(33)31-23-24-32-30-16-8-10-18-34(30)44-36(32)35(31)43;1-29(2)30(3,4)34-31(33-29)19-13-15-20(16-14-19)32-25-11-7-5-9-21(25)23-17-18-24-22-10-6-8-12-26(22)35-28(24)27(23)32;16-15-18-13(11-7-3-1-4-8-11)17-14(19-15)12-9-5-2-6-10-12/h1-24H;5-18H,1-4H3;1-10H/i1D,2D,3D,4D,5D,6D,11D,12D,13D,14D,19D,20D,21D,22D;13D,14D,15D,16D;1D,2D,3D,4D,5D,6D,7D,8D,9D,10D. The minimum atomic E-state index is -0.996. The summed E-state index contributed by atoms with van der Waals surface area (Å²) in [5, 5.41) is 7.47. The van der Waals surface area contributed by atoms with Gasteiger partial charge < -0.3 is 18.4 Å². The zero-order valence-electron chi connectivity index (χ0n) is 79.7. The maximum atomic E-state index is 9.46. The summed E-state index contributed by atoms with van der Waals surface area (Å²) in [6.07, 6.45) is 0. The van der Waals surface area contributed by atoms with E-state index < -0.39 is 203 Å². The third-order valence-electron chi connectivity index (χ3n) is 16.9. The van der Waals surface area contributed by atoms with Gasteiger partial charge >= 0.3 is 7.12 Å². The Morgan fingerprint density at radius 2 is 0.663 bits per heavy atom. The number of halogens is 1. The highest BCUT2D eigenvalue weighted by molar-refractivity contribution is 7.27. The smallest absolute Gasteiger partial charge is 0.399 e. The molecule has 0 bridgehead atoms. The summed E-state index contributed by atoms with van der Waals surface area (Å²) in [4.78, 5) is 24.6. The van der Waals surface area contributed by atoms with Crippen LogP contribution in [0.25, 0.3) is 152 Å². The second-order valence-corrected chi connectivity index (χ2v) is 25.7. The molecule has 7 heterocycles. The zero-order chi connectivity index (χ0) is 90.4. The molecular weight excluding hydrogens is 1260 g/mol. The van der Waals surface area contributed by atoms with Crippen LogP contribution in [0.4, 0.5) is 0 Å². The number of benzene rings is 12. The minimum Gasteiger partial charge on any atom is -0.399 e. The second kappa shape index (κ2) is 24.9. The van der Waals surface area contributed by atoms with Gasteiger partial charge in [0.05, 0.1) is 81.0 Å². The van der Waals surface area contributed by atoms with Crippen LogP contribution in [0.15, 0.2) is 291 Å². The molecule has 18 aromatic rings. The summed E-state index contributed by atoms with van der Waals surface area (Å²) in [7, 11) is -0.996. The topological polar surface area (TPSA) is 106 Å². The van der Waals surface area contributed by atoms with Crippen molar-refractivity contribution in [3.05, 3.63) is 296 Å². The van der Waals surface area contributed by atoms with E-state index in [9.17, 15) is 5.48 Å². The number of para-hydroxylation sites is 2. The Hall–Kier alpha value is -11.0. The van der Waals surface area contributed by atoms with Crippen LogP contribution in [0.3, 0.4) is 0 Å². The minimum absolute atomic E-state index is 0.0688. The third kappa shape index (κ3) is 10.9. The molecule has 0 saturated carbocycles. The second-order valence-electron chi connectivity index (χ2n) is 23.2. The molecule has 1 aliphatic heterocycles.